The highest BCUT2D eigenvalue weighted by molar-refractivity contribution is 6.91. The molecule has 0 N–H and O–H groups in total. The molecule has 0 aromatic heterocycles. The lowest BCUT2D eigenvalue weighted by molar-refractivity contribution is -0.394. The molecule has 9 heteroatoms. The summed E-state index contributed by atoms with van der Waals surface area (Å²) in [5.74, 6) is -0.816. The summed E-state index contributed by atoms with van der Waals surface area (Å²) in [4.78, 5) is 33.0. The summed E-state index contributed by atoms with van der Waals surface area (Å²) in [5.41, 5.74) is -1.21. The van der Waals surface area contributed by atoms with Gasteiger partial charge in [-0.1, -0.05) is 55.5 Å². The molecule has 2 aromatic carbocycles. The molecule has 2 atom stereocenters. The van der Waals surface area contributed by atoms with Gasteiger partial charge in [-0.25, -0.2) is 4.79 Å². The number of ether oxygens (including phenoxy) is 1. The van der Waals surface area contributed by atoms with Crippen LogP contribution in [0.1, 0.15) is 24.2 Å². The SMILES string of the molecule is C[C@@H](OC(=O)c1cc([N+](=O)[O-])cc([N+](=O)[O-])c1)[C@H](C)[Si](C)(C)c1ccccc1. The van der Waals surface area contributed by atoms with Crippen LogP contribution < -0.4 is 5.19 Å². The molecule has 0 aliphatic rings. The van der Waals surface area contributed by atoms with E-state index >= 15 is 0 Å². The molecule has 0 aliphatic carbocycles. The Balaban J connectivity index is 2.24. The summed E-state index contributed by atoms with van der Waals surface area (Å²) in [6.45, 7) is 8.13. The minimum atomic E-state index is -1.96. The van der Waals surface area contributed by atoms with Crippen LogP contribution in [0, 0.1) is 20.2 Å². The summed E-state index contributed by atoms with van der Waals surface area (Å²) in [6, 6.07) is 12.8. The molecule has 0 saturated heterocycles. The Morgan fingerprint density at radius 2 is 1.46 bits per heavy atom. The topological polar surface area (TPSA) is 113 Å². The van der Waals surface area contributed by atoms with Crippen LogP contribution in [-0.4, -0.2) is 30.0 Å². The molecule has 0 unspecified atom stereocenters. The van der Waals surface area contributed by atoms with Crippen molar-refractivity contribution in [3.05, 3.63) is 74.3 Å². The Bertz CT molecular complexity index is 868. The third-order valence-electron chi connectivity index (χ3n) is 5.21. The second kappa shape index (κ2) is 8.30. The minimum absolute atomic E-state index is 0.0486. The van der Waals surface area contributed by atoms with Gasteiger partial charge in [-0.15, -0.1) is 0 Å². The van der Waals surface area contributed by atoms with Gasteiger partial charge in [0.25, 0.3) is 11.4 Å². The molecular formula is C19H22N2O6Si. The summed E-state index contributed by atoms with van der Waals surface area (Å²) < 4.78 is 5.53. The molecular weight excluding hydrogens is 380 g/mol. The van der Waals surface area contributed by atoms with Crippen LogP contribution in [0.15, 0.2) is 48.5 Å². The molecule has 0 fully saturated rings. The Kier molecular flexibility index (Phi) is 6.29. The van der Waals surface area contributed by atoms with E-state index in [2.05, 4.69) is 25.2 Å². The Labute approximate surface area is 163 Å². The number of nitrogens with zero attached hydrogens (tertiary/aromatic N) is 2. The van der Waals surface area contributed by atoms with Crippen molar-refractivity contribution < 1.29 is 19.4 Å². The number of non-ortho nitro benzene ring substituents is 2. The van der Waals surface area contributed by atoms with Crippen LogP contribution in [0.5, 0.6) is 0 Å². The molecule has 28 heavy (non-hydrogen) atoms. The van der Waals surface area contributed by atoms with Crippen LogP contribution in [0.25, 0.3) is 0 Å². The fourth-order valence-corrected chi connectivity index (χ4v) is 5.80. The lowest BCUT2D eigenvalue weighted by atomic mass is 10.1. The molecule has 2 rings (SSSR count). The largest absolute Gasteiger partial charge is 0.459 e. The van der Waals surface area contributed by atoms with Crippen molar-refractivity contribution in [1.82, 2.24) is 0 Å². The fourth-order valence-electron chi connectivity index (χ4n) is 2.98. The average Bonchev–Trinajstić information content (AvgIpc) is 2.67. The van der Waals surface area contributed by atoms with E-state index in [0.29, 0.717) is 0 Å². The molecule has 148 valence electrons. The van der Waals surface area contributed by atoms with Crippen molar-refractivity contribution in [3.8, 4) is 0 Å². The number of hydrogen-bond acceptors (Lipinski definition) is 6. The molecule has 2 aromatic rings. The molecule has 0 heterocycles. The first-order valence-electron chi connectivity index (χ1n) is 8.74. The van der Waals surface area contributed by atoms with Crippen LogP contribution >= 0.6 is 0 Å². The zero-order valence-corrected chi connectivity index (χ0v) is 17.1. The van der Waals surface area contributed by atoms with E-state index in [-0.39, 0.29) is 11.1 Å². The van der Waals surface area contributed by atoms with Gasteiger partial charge in [0.1, 0.15) is 0 Å². The Hall–Kier alpha value is -3.07. The van der Waals surface area contributed by atoms with Crippen molar-refractivity contribution in [2.45, 2.75) is 38.6 Å². The van der Waals surface area contributed by atoms with Gasteiger partial charge < -0.3 is 4.74 Å². The number of rotatable bonds is 7. The van der Waals surface area contributed by atoms with Gasteiger partial charge in [0.05, 0.1) is 35.7 Å². The number of carbonyl (C=O) groups excluding carboxylic acids is 1. The van der Waals surface area contributed by atoms with Crippen molar-refractivity contribution >= 4 is 30.6 Å². The van der Waals surface area contributed by atoms with Gasteiger partial charge in [0.15, 0.2) is 0 Å². The molecule has 0 aliphatic heterocycles. The second-order valence-electron chi connectivity index (χ2n) is 7.24. The molecule has 0 bridgehead atoms. The third kappa shape index (κ3) is 4.60. The lowest BCUT2D eigenvalue weighted by Gasteiger charge is -2.34. The highest BCUT2D eigenvalue weighted by Crippen LogP contribution is 2.29. The number of hydrogen-bond donors (Lipinski definition) is 0. The van der Waals surface area contributed by atoms with Crippen molar-refractivity contribution in [2.24, 2.45) is 0 Å². The van der Waals surface area contributed by atoms with Crippen LogP contribution in [0.2, 0.25) is 18.6 Å². The maximum atomic E-state index is 12.5. The van der Waals surface area contributed by atoms with E-state index < -0.39 is 41.4 Å². The Morgan fingerprint density at radius 3 is 1.93 bits per heavy atom. The first-order valence-corrected chi connectivity index (χ1v) is 11.8. The first-order chi connectivity index (χ1) is 13.0. The molecule has 0 amide bonds. The van der Waals surface area contributed by atoms with E-state index in [1.54, 1.807) is 6.92 Å². The Morgan fingerprint density at radius 1 is 0.964 bits per heavy atom. The van der Waals surface area contributed by atoms with E-state index in [4.69, 9.17) is 4.74 Å². The van der Waals surface area contributed by atoms with Gasteiger partial charge in [-0.05, 0) is 12.5 Å². The highest BCUT2D eigenvalue weighted by Gasteiger charge is 2.36. The van der Waals surface area contributed by atoms with Gasteiger partial charge >= 0.3 is 5.97 Å². The first kappa shape index (κ1) is 21.2. The molecule has 0 spiro atoms. The van der Waals surface area contributed by atoms with E-state index in [9.17, 15) is 25.0 Å². The number of benzene rings is 2. The molecule has 0 radical (unpaired) electrons. The van der Waals surface area contributed by atoms with Gasteiger partial charge in [0.2, 0.25) is 0 Å². The quantitative estimate of drug-likeness (QED) is 0.299. The van der Waals surface area contributed by atoms with Crippen LogP contribution in [0.3, 0.4) is 0 Å². The van der Waals surface area contributed by atoms with Crippen molar-refractivity contribution in [1.29, 1.82) is 0 Å². The molecule has 8 nitrogen and oxygen atoms in total. The predicted molar refractivity (Wildman–Crippen MR) is 108 cm³/mol. The van der Waals surface area contributed by atoms with E-state index in [0.717, 1.165) is 18.2 Å². The van der Waals surface area contributed by atoms with Crippen molar-refractivity contribution in [2.75, 3.05) is 0 Å². The maximum absolute atomic E-state index is 12.5. The predicted octanol–water partition coefficient (Wildman–Crippen LogP) is 4.05. The van der Waals surface area contributed by atoms with E-state index in [1.165, 1.54) is 5.19 Å². The zero-order chi connectivity index (χ0) is 21.1. The monoisotopic (exact) mass is 402 g/mol. The number of nitro groups is 2. The number of carbonyl (C=O) groups is 1. The number of nitro benzene ring substituents is 2. The van der Waals surface area contributed by atoms with Gasteiger partial charge in [-0.3, -0.25) is 20.2 Å². The normalized spacial score (nSPS) is 13.4. The maximum Gasteiger partial charge on any atom is 0.338 e. The second-order valence-corrected chi connectivity index (χ2v) is 12.2. The van der Waals surface area contributed by atoms with Gasteiger partial charge in [0, 0.05) is 12.1 Å². The summed E-state index contributed by atoms with van der Waals surface area (Å²) in [7, 11) is -1.96. The third-order valence-corrected chi connectivity index (χ3v) is 9.78. The summed E-state index contributed by atoms with van der Waals surface area (Å²) in [6.07, 6.45) is -0.465. The van der Waals surface area contributed by atoms with Crippen LogP contribution in [-0.2, 0) is 4.74 Å². The summed E-state index contributed by atoms with van der Waals surface area (Å²) >= 11 is 0. The minimum Gasteiger partial charge on any atom is -0.459 e. The van der Waals surface area contributed by atoms with Crippen molar-refractivity contribution in [3.63, 3.8) is 0 Å². The fraction of sp³-hybridized carbons (Fsp3) is 0.316. The standard InChI is InChI=1S/C19H22N2O6Si/c1-13(14(2)28(3,4)18-8-6-5-7-9-18)27-19(22)15-10-16(20(23)24)12-17(11-15)21(25)26/h5-14H,1-4H3/t13-,14+/m1/s1. The van der Waals surface area contributed by atoms with Crippen LogP contribution in [0.4, 0.5) is 11.4 Å². The highest BCUT2D eigenvalue weighted by atomic mass is 28.3. The van der Waals surface area contributed by atoms with E-state index in [1.807, 2.05) is 25.1 Å². The smallest absolute Gasteiger partial charge is 0.338 e. The summed E-state index contributed by atoms with van der Waals surface area (Å²) in [5, 5.41) is 23.2. The van der Waals surface area contributed by atoms with Gasteiger partial charge in [-0.2, -0.15) is 0 Å². The zero-order valence-electron chi connectivity index (χ0n) is 16.1. The molecule has 0 saturated carbocycles. The number of esters is 1. The lowest BCUT2D eigenvalue weighted by Crippen LogP contribution is -2.49. The average molecular weight is 402 g/mol.